The van der Waals surface area contributed by atoms with Gasteiger partial charge in [0.2, 0.25) is 0 Å². The molecule has 1 aromatic rings. The predicted molar refractivity (Wildman–Crippen MR) is 148 cm³/mol. The van der Waals surface area contributed by atoms with Gasteiger partial charge in [-0.15, -0.1) is 0 Å². The van der Waals surface area contributed by atoms with Crippen molar-refractivity contribution >= 4 is 7.82 Å². The number of ether oxygens (including phenoxy) is 1. The fraction of sp³-hybridized carbons (Fsp3) is 0.793. The van der Waals surface area contributed by atoms with Gasteiger partial charge in [0.1, 0.15) is 0 Å². The predicted octanol–water partition coefficient (Wildman–Crippen LogP) is 9.83. The molecule has 0 bridgehead atoms. The van der Waals surface area contributed by atoms with Crippen LogP contribution in [0.5, 0.6) is 5.75 Å². The average molecular weight is 529 g/mol. The van der Waals surface area contributed by atoms with Gasteiger partial charge in [-0.05, 0) is 25.5 Å². The molecule has 0 aliphatic heterocycles. The molecular weight excluding hydrogens is 475 g/mol. The summed E-state index contributed by atoms with van der Waals surface area (Å²) in [7, 11) is -3.82. The van der Waals surface area contributed by atoms with Crippen LogP contribution in [0.15, 0.2) is 30.3 Å². The van der Waals surface area contributed by atoms with E-state index in [9.17, 15) is 4.57 Å². The lowest BCUT2D eigenvalue weighted by atomic mass is 10.0. The summed E-state index contributed by atoms with van der Waals surface area (Å²) >= 11 is 0. The van der Waals surface area contributed by atoms with Gasteiger partial charge in [0.05, 0.1) is 19.8 Å². The van der Waals surface area contributed by atoms with Crippen LogP contribution in [0.25, 0.3) is 0 Å². The van der Waals surface area contributed by atoms with E-state index in [1.807, 2.05) is 13.0 Å². The molecule has 0 saturated carbocycles. The van der Waals surface area contributed by atoms with Gasteiger partial charge in [0.25, 0.3) is 0 Å². The van der Waals surface area contributed by atoms with Gasteiger partial charge < -0.3 is 9.62 Å². The van der Waals surface area contributed by atoms with E-state index in [-0.39, 0.29) is 6.61 Å². The van der Waals surface area contributed by atoms with E-state index < -0.39 is 7.82 Å². The van der Waals surface area contributed by atoms with Crippen LogP contribution in [0, 0.1) is 0 Å². The van der Waals surface area contributed by atoms with Crippen molar-refractivity contribution in [2.24, 2.45) is 0 Å². The molecule has 0 aromatic heterocycles. The number of phosphoric acid groups is 1. The molecule has 0 heterocycles. The van der Waals surface area contributed by atoms with E-state index in [1.165, 1.54) is 89.9 Å². The van der Waals surface area contributed by atoms with Gasteiger partial charge in [0, 0.05) is 6.61 Å². The Labute approximate surface area is 221 Å². The molecule has 0 spiro atoms. The second-order valence-corrected chi connectivity index (χ2v) is 11.0. The Kier molecular flexibility index (Phi) is 22.5. The minimum absolute atomic E-state index is 0.113. The zero-order valence-corrected chi connectivity index (χ0v) is 24.0. The van der Waals surface area contributed by atoms with Crippen LogP contribution in [-0.4, -0.2) is 26.4 Å². The van der Waals surface area contributed by atoms with E-state index in [0.717, 1.165) is 19.3 Å². The van der Waals surface area contributed by atoms with Crippen molar-refractivity contribution in [1.82, 2.24) is 0 Å². The molecule has 6 nitrogen and oxygen atoms in total. The van der Waals surface area contributed by atoms with Crippen LogP contribution in [0.1, 0.15) is 123 Å². The minimum Gasteiger partial charge on any atom is -0.379 e. The summed E-state index contributed by atoms with van der Waals surface area (Å²) in [5, 5.41) is 0. The first-order valence-electron chi connectivity index (χ1n) is 14.6. The summed E-state index contributed by atoms with van der Waals surface area (Å²) in [6.45, 7) is 5.47. The number of phosphoric ester groups is 1. The molecule has 1 atom stereocenters. The molecule has 7 heteroatoms. The monoisotopic (exact) mass is 528 g/mol. The highest BCUT2D eigenvalue weighted by Crippen LogP contribution is 2.49. The Morgan fingerprint density at radius 3 is 1.56 bits per heavy atom. The molecule has 0 aliphatic rings. The third-order valence-corrected chi connectivity index (χ3v) is 7.40. The number of rotatable bonds is 27. The lowest BCUT2D eigenvalue weighted by molar-refractivity contribution is -0.133. The Balaban J connectivity index is 2.01. The van der Waals surface area contributed by atoms with Crippen LogP contribution in [0.4, 0.5) is 0 Å². The molecule has 0 amide bonds. The van der Waals surface area contributed by atoms with Crippen LogP contribution >= 0.6 is 7.82 Å². The molecular formula is C29H53O6P. The number of benzene rings is 1. The van der Waals surface area contributed by atoms with Crippen molar-refractivity contribution in [3.8, 4) is 5.75 Å². The van der Waals surface area contributed by atoms with Gasteiger partial charge in [-0.3, -0.25) is 9.05 Å². The van der Waals surface area contributed by atoms with E-state index in [1.54, 1.807) is 24.3 Å². The van der Waals surface area contributed by atoms with Gasteiger partial charge >= 0.3 is 7.82 Å². The lowest BCUT2D eigenvalue weighted by Crippen LogP contribution is -2.08. The highest BCUT2D eigenvalue weighted by atomic mass is 31.2. The largest absolute Gasteiger partial charge is 0.511 e. The van der Waals surface area contributed by atoms with Crippen molar-refractivity contribution in [2.75, 3.05) is 26.4 Å². The average Bonchev–Trinajstić information content (AvgIpc) is 2.90. The first-order valence-corrected chi connectivity index (χ1v) is 16.0. The van der Waals surface area contributed by atoms with Crippen molar-refractivity contribution < 1.29 is 27.9 Å². The summed E-state index contributed by atoms with van der Waals surface area (Å²) in [4.78, 5) is 5.16. The maximum atomic E-state index is 12.9. The minimum atomic E-state index is -3.82. The topological polar surface area (TPSA) is 63.2 Å². The Bertz CT molecular complexity index is 627. The van der Waals surface area contributed by atoms with Crippen molar-refractivity contribution in [3.05, 3.63) is 30.3 Å². The summed E-state index contributed by atoms with van der Waals surface area (Å²) in [6, 6.07) is 8.89. The van der Waals surface area contributed by atoms with Gasteiger partial charge in [0.15, 0.2) is 5.75 Å². The Hall–Kier alpha value is -0.910. The summed E-state index contributed by atoms with van der Waals surface area (Å²) in [5.74, 6) is 0.438. The van der Waals surface area contributed by atoms with Crippen LogP contribution < -0.4 is 4.89 Å². The van der Waals surface area contributed by atoms with E-state index in [0.29, 0.717) is 25.6 Å². The normalized spacial score (nSPS) is 13.1. The van der Waals surface area contributed by atoms with E-state index in [2.05, 4.69) is 6.92 Å². The van der Waals surface area contributed by atoms with Crippen LogP contribution in [0.3, 0.4) is 0 Å². The first kappa shape index (κ1) is 33.1. The molecule has 0 saturated heterocycles. The number of para-hydroxylation sites is 1. The summed E-state index contributed by atoms with van der Waals surface area (Å²) in [5.41, 5.74) is 0. The van der Waals surface area contributed by atoms with E-state index >= 15 is 0 Å². The molecule has 210 valence electrons. The highest BCUT2D eigenvalue weighted by Gasteiger charge is 2.29. The second-order valence-electron chi connectivity index (χ2n) is 9.44. The molecule has 0 fully saturated rings. The fourth-order valence-electron chi connectivity index (χ4n) is 4.00. The fourth-order valence-corrected chi connectivity index (χ4v) is 4.99. The molecule has 1 rings (SSSR count). The van der Waals surface area contributed by atoms with Crippen LogP contribution in [-0.2, 0) is 23.0 Å². The number of hydrogen-bond acceptors (Lipinski definition) is 6. The maximum absolute atomic E-state index is 12.9. The smallest absolute Gasteiger partial charge is 0.379 e. The van der Waals surface area contributed by atoms with Gasteiger partial charge in [-0.25, -0.2) is 4.57 Å². The van der Waals surface area contributed by atoms with Gasteiger partial charge in [-0.2, -0.15) is 0 Å². The lowest BCUT2D eigenvalue weighted by Gasteiger charge is -2.17. The zero-order chi connectivity index (χ0) is 26.0. The SMILES string of the molecule is CCCCCCCCCCCCCCCCCCCOP(=O)(OCCOCC)OOc1ccccc1. The molecule has 36 heavy (non-hydrogen) atoms. The Morgan fingerprint density at radius 1 is 0.583 bits per heavy atom. The zero-order valence-electron chi connectivity index (χ0n) is 23.1. The first-order chi connectivity index (χ1) is 17.7. The summed E-state index contributed by atoms with van der Waals surface area (Å²) < 4.78 is 34.0. The third-order valence-electron chi connectivity index (χ3n) is 6.15. The molecule has 1 aromatic carbocycles. The highest BCUT2D eigenvalue weighted by molar-refractivity contribution is 7.48. The summed E-state index contributed by atoms with van der Waals surface area (Å²) in [6.07, 6.45) is 22.3. The van der Waals surface area contributed by atoms with Crippen molar-refractivity contribution in [3.63, 3.8) is 0 Å². The van der Waals surface area contributed by atoms with Gasteiger partial charge in [-0.1, -0.05) is 133 Å². The third kappa shape index (κ3) is 20.2. The molecule has 1 unspecified atom stereocenters. The van der Waals surface area contributed by atoms with Crippen molar-refractivity contribution in [1.29, 1.82) is 0 Å². The van der Waals surface area contributed by atoms with E-state index in [4.69, 9.17) is 23.3 Å². The molecule has 0 radical (unpaired) electrons. The molecule has 0 aliphatic carbocycles. The molecule has 0 N–H and O–H groups in total. The van der Waals surface area contributed by atoms with Crippen molar-refractivity contribution in [2.45, 2.75) is 123 Å². The second kappa shape index (κ2) is 24.4. The number of unbranched alkanes of at least 4 members (excludes halogenated alkanes) is 16. The quantitative estimate of drug-likeness (QED) is 0.0490. The number of hydrogen-bond donors (Lipinski definition) is 0. The Morgan fingerprint density at radius 2 is 1.06 bits per heavy atom. The maximum Gasteiger partial charge on any atom is 0.511 e. The standard InChI is InChI=1S/C29H53O6P/c1-3-5-6-7-8-9-10-11-12-13-14-15-16-17-18-19-23-26-32-36(30,33-28-27-31-4-2)35-34-29-24-21-20-22-25-29/h20-22,24-25H,3-19,23,26-28H2,1-2H3. The van der Waals surface area contributed by atoms with Crippen LogP contribution in [0.2, 0.25) is 0 Å².